The maximum Gasteiger partial charge on any atom is 0.130 e. The van der Waals surface area contributed by atoms with Crippen molar-refractivity contribution >= 4 is 28.2 Å². The molecule has 0 aliphatic rings. The predicted octanol–water partition coefficient (Wildman–Crippen LogP) is 3.89. The maximum atomic E-state index is 6.24. The van der Waals surface area contributed by atoms with Crippen LogP contribution in [0.3, 0.4) is 0 Å². The molecule has 2 rings (SSSR count). The fourth-order valence-electron chi connectivity index (χ4n) is 2.01. The van der Waals surface area contributed by atoms with E-state index in [9.17, 15) is 0 Å². The molecular weight excluding hydrogens is 248 g/mol. The summed E-state index contributed by atoms with van der Waals surface area (Å²) >= 11 is 6.24. The number of hydrogen-bond donors (Lipinski definition) is 1. The van der Waals surface area contributed by atoms with Crippen LogP contribution in [0.2, 0.25) is 5.02 Å². The second-order valence-electron chi connectivity index (χ2n) is 4.02. The third-order valence-electron chi connectivity index (χ3n) is 2.88. The van der Waals surface area contributed by atoms with E-state index in [2.05, 4.69) is 30.2 Å². The molecule has 0 radical (unpaired) electrons. The van der Waals surface area contributed by atoms with Gasteiger partial charge in [0, 0.05) is 17.9 Å². The molecule has 2 aromatic rings. The van der Waals surface area contributed by atoms with Crippen molar-refractivity contribution in [3.8, 4) is 5.75 Å². The lowest BCUT2D eigenvalue weighted by Gasteiger charge is -2.14. The molecular formula is C14H17ClN2O. The number of fused-ring (bicyclic) bond motifs is 1. The zero-order chi connectivity index (χ0) is 13.1. The van der Waals surface area contributed by atoms with Crippen molar-refractivity contribution in [2.24, 2.45) is 0 Å². The Hall–Kier alpha value is -1.48. The van der Waals surface area contributed by atoms with Gasteiger partial charge in [-0.2, -0.15) is 0 Å². The number of hydrogen-bond acceptors (Lipinski definition) is 3. The molecule has 0 bridgehead atoms. The van der Waals surface area contributed by atoms with Gasteiger partial charge >= 0.3 is 0 Å². The molecule has 1 heterocycles. The largest absolute Gasteiger partial charge is 0.496 e. The molecule has 0 spiro atoms. The predicted molar refractivity (Wildman–Crippen MR) is 76.8 cm³/mol. The molecule has 0 unspecified atom stereocenters. The van der Waals surface area contributed by atoms with E-state index in [1.54, 1.807) is 7.11 Å². The summed E-state index contributed by atoms with van der Waals surface area (Å²) in [5.41, 5.74) is 2.85. The topological polar surface area (TPSA) is 34.2 Å². The van der Waals surface area contributed by atoms with Gasteiger partial charge in [0.05, 0.1) is 23.0 Å². The molecule has 0 amide bonds. The minimum absolute atomic E-state index is 0.653. The number of aryl methyl sites for hydroxylation is 1. The van der Waals surface area contributed by atoms with Crippen molar-refractivity contribution < 1.29 is 4.74 Å². The van der Waals surface area contributed by atoms with Crippen LogP contribution < -0.4 is 10.1 Å². The van der Waals surface area contributed by atoms with E-state index in [4.69, 9.17) is 16.3 Å². The summed E-state index contributed by atoms with van der Waals surface area (Å²) in [5.74, 6) is 0.792. The molecule has 96 valence electrons. The number of ether oxygens (including phenoxy) is 1. The average molecular weight is 265 g/mol. The first-order chi connectivity index (χ1) is 8.71. The Morgan fingerprint density at radius 1 is 1.33 bits per heavy atom. The summed E-state index contributed by atoms with van der Waals surface area (Å²) in [6, 6.07) is 5.76. The number of methoxy groups -OCH3 is 1. The van der Waals surface area contributed by atoms with Gasteiger partial charge < -0.3 is 10.1 Å². The van der Waals surface area contributed by atoms with Crippen molar-refractivity contribution in [2.45, 2.75) is 20.3 Å². The molecule has 0 aliphatic carbocycles. The lowest BCUT2D eigenvalue weighted by atomic mass is 10.1. The van der Waals surface area contributed by atoms with Crippen molar-refractivity contribution in [3.63, 3.8) is 0 Å². The van der Waals surface area contributed by atoms with Gasteiger partial charge in [0.2, 0.25) is 0 Å². The van der Waals surface area contributed by atoms with E-state index in [-0.39, 0.29) is 0 Å². The highest BCUT2D eigenvalue weighted by Gasteiger charge is 2.12. The van der Waals surface area contributed by atoms with Gasteiger partial charge in [0.1, 0.15) is 5.75 Å². The quantitative estimate of drug-likeness (QED) is 0.910. The zero-order valence-corrected chi connectivity index (χ0v) is 11.6. The van der Waals surface area contributed by atoms with Gasteiger partial charge in [0.15, 0.2) is 0 Å². The second-order valence-corrected chi connectivity index (χ2v) is 4.43. The highest BCUT2D eigenvalue weighted by atomic mass is 35.5. The first-order valence-corrected chi connectivity index (χ1v) is 6.49. The Labute approximate surface area is 112 Å². The molecule has 0 saturated heterocycles. The van der Waals surface area contributed by atoms with E-state index in [1.807, 2.05) is 12.1 Å². The normalized spacial score (nSPS) is 10.7. The Bertz CT molecular complexity index is 569. The third kappa shape index (κ3) is 2.23. The van der Waals surface area contributed by atoms with Gasteiger partial charge in [-0.3, -0.25) is 4.98 Å². The minimum atomic E-state index is 0.653. The molecule has 1 N–H and O–H groups in total. The van der Waals surface area contributed by atoms with Crippen LogP contribution in [0.1, 0.15) is 19.5 Å². The molecule has 0 saturated carbocycles. The second kappa shape index (κ2) is 5.44. The van der Waals surface area contributed by atoms with Crippen LogP contribution in [-0.4, -0.2) is 18.6 Å². The summed E-state index contributed by atoms with van der Waals surface area (Å²) in [7, 11) is 1.66. The number of aromatic nitrogens is 1. The van der Waals surface area contributed by atoms with Crippen LogP contribution >= 0.6 is 11.6 Å². The van der Waals surface area contributed by atoms with Gasteiger partial charge in [-0.05, 0) is 31.5 Å². The molecule has 3 nitrogen and oxygen atoms in total. The maximum absolute atomic E-state index is 6.24. The molecule has 1 aromatic heterocycles. The first-order valence-electron chi connectivity index (χ1n) is 6.11. The van der Waals surface area contributed by atoms with E-state index in [0.717, 1.165) is 41.0 Å². The zero-order valence-electron chi connectivity index (χ0n) is 10.9. The van der Waals surface area contributed by atoms with Crippen molar-refractivity contribution in [2.75, 3.05) is 19.0 Å². The molecule has 4 heteroatoms. The monoisotopic (exact) mass is 264 g/mol. The van der Waals surface area contributed by atoms with Crippen molar-refractivity contribution in [1.29, 1.82) is 0 Å². The van der Waals surface area contributed by atoms with Crippen LogP contribution in [0.4, 0.5) is 5.69 Å². The fraction of sp³-hybridized carbons (Fsp3) is 0.357. The standard InChI is InChI=1S/C14H17ClN2O/c1-4-9-8-11(16-5-2)13-12(18-3)7-6-10(15)14(13)17-9/h6-8H,4-5H2,1-3H3,(H,16,17). The summed E-state index contributed by atoms with van der Waals surface area (Å²) in [6.07, 6.45) is 0.877. The number of anilines is 1. The molecule has 18 heavy (non-hydrogen) atoms. The average Bonchev–Trinajstić information content (AvgIpc) is 2.40. The van der Waals surface area contributed by atoms with Gasteiger partial charge in [-0.1, -0.05) is 18.5 Å². The number of nitrogens with one attached hydrogen (secondary N) is 1. The number of pyridine rings is 1. The van der Waals surface area contributed by atoms with Crippen LogP contribution in [0, 0.1) is 0 Å². The van der Waals surface area contributed by atoms with E-state index < -0.39 is 0 Å². The molecule has 0 aliphatic heterocycles. The Balaban J connectivity index is 2.80. The highest BCUT2D eigenvalue weighted by molar-refractivity contribution is 6.35. The van der Waals surface area contributed by atoms with Crippen LogP contribution in [-0.2, 0) is 6.42 Å². The van der Waals surface area contributed by atoms with Gasteiger partial charge in [-0.25, -0.2) is 0 Å². The lowest BCUT2D eigenvalue weighted by Crippen LogP contribution is -2.01. The highest BCUT2D eigenvalue weighted by Crippen LogP contribution is 2.36. The van der Waals surface area contributed by atoms with Crippen LogP contribution in [0.5, 0.6) is 5.75 Å². The Morgan fingerprint density at radius 2 is 2.11 bits per heavy atom. The van der Waals surface area contributed by atoms with Crippen LogP contribution in [0.15, 0.2) is 18.2 Å². The fourth-order valence-corrected chi connectivity index (χ4v) is 2.21. The van der Waals surface area contributed by atoms with Gasteiger partial charge in [-0.15, -0.1) is 0 Å². The van der Waals surface area contributed by atoms with E-state index in [0.29, 0.717) is 5.02 Å². The Kier molecular flexibility index (Phi) is 3.92. The van der Waals surface area contributed by atoms with E-state index in [1.165, 1.54) is 0 Å². The SMILES string of the molecule is CCNc1cc(CC)nc2c(Cl)ccc(OC)c12. The summed E-state index contributed by atoms with van der Waals surface area (Å²) < 4.78 is 5.40. The van der Waals surface area contributed by atoms with Crippen LogP contribution in [0.25, 0.3) is 10.9 Å². The smallest absolute Gasteiger partial charge is 0.130 e. The summed E-state index contributed by atoms with van der Waals surface area (Å²) in [5, 5.41) is 4.95. The number of halogens is 1. The van der Waals surface area contributed by atoms with Crippen molar-refractivity contribution in [3.05, 3.63) is 28.9 Å². The third-order valence-corrected chi connectivity index (χ3v) is 3.18. The molecule has 1 aromatic carbocycles. The summed E-state index contributed by atoms with van der Waals surface area (Å²) in [4.78, 5) is 4.59. The number of nitrogens with zero attached hydrogens (tertiary/aromatic N) is 1. The molecule has 0 atom stereocenters. The van der Waals surface area contributed by atoms with E-state index >= 15 is 0 Å². The Morgan fingerprint density at radius 3 is 2.72 bits per heavy atom. The summed E-state index contributed by atoms with van der Waals surface area (Å²) in [6.45, 7) is 4.99. The van der Waals surface area contributed by atoms with Gasteiger partial charge in [0.25, 0.3) is 0 Å². The number of benzene rings is 1. The number of rotatable bonds is 4. The lowest BCUT2D eigenvalue weighted by molar-refractivity contribution is 0.420. The molecule has 0 fully saturated rings. The van der Waals surface area contributed by atoms with Crippen molar-refractivity contribution in [1.82, 2.24) is 4.98 Å². The minimum Gasteiger partial charge on any atom is -0.496 e. The first kappa shape index (κ1) is 13.0.